The Morgan fingerprint density at radius 2 is 2.33 bits per heavy atom. The number of ether oxygens (including phenoxy) is 1. The molecule has 0 atom stereocenters. The summed E-state index contributed by atoms with van der Waals surface area (Å²) in [6.45, 7) is 4.85. The van der Waals surface area contributed by atoms with E-state index in [1.807, 2.05) is 18.5 Å². The molecule has 1 aromatic heterocycles. The minimum absolute atomic E-state index is 0.250. The van der Waals surface area contributed by atoms with Crippen LogP contribution in [-0.4, -0.2) is 36.9 Å². The molecule has 82 valence electrons. The standard InChI is InChI=1S/C8H12N2OS.CO2/c1-2-11-7-5-10(6-7)8-9-3-4-12-8;2-1-3/h3-4,7H,2,5-6H2,1H3;. The van der Waals surface area contributed by atoms with Crippen LogP contribution < -0.4 is 4.90 Å². The first-order valence-corrected chi connectivity index (χ1v) is 5.45. The molecular formula is C9H12N2O3S. The highest BCUT2D eigenvalue weighted by atomic mass is 32.1. The van der Waals surface area contributed by atoms with E-state index in [-0.39, 0.29) is 6.15 Å². The number of hydrogen-bond acceptors (Lipinski definition) is 6. The fourth-order valence-corrected chi connectivity index (χ4v) is 1.97. The molecule has 0 N–H and O–H groups in total. The summed E-state index contributed by atoms with van der Waals surface area (Å²) in [6.07, 6.45) is 2.52. The van der Waals surface area contributed by atoms with Gasteiger partial charge in [0.1, 0.15) is 0 Å². The van der Waals surface area contributed by atoms with E-state index < -0.39 is 0 Å². The topological polar surface area (TPSA) is 59.5 Å². The monoisotopic (exact) mass is 228 g/mol. The molecule has 1 fully saturated rings. The van der Waals surface area contributed by atoms with Crippen LogP contribution in [0.25, 0.3) is 0 Å². The van der Waals surface area contributed by atoms with Crippen molar-refractivity contribution in [2.24, 2.45) is 0 Å². The Bertz CT molecular complexity index is 303. The molecule has 0 aliphatic carbocycles. The third-order valence-corrected chi connectivity index (χ3v) is 2.77. The molecule has 1 aliphatic heterocycles. The lowest BCUT2D eigenvalue weighted by Gasteiger charge is -2.38. The first kappa shape index (κ1) is 11.8. The highest BCUT2D eigenvalue weighted by molar-refractivity contribution is 7.13. The lowest BCUT2D eigenvalue weighted by Crippen LogP contribution is -2.52. The minimum Gasteiger partial charge on any atom is -0.375 e. The molecule has 1 saturated heterocycles. The lowest BCUT2D eigenvalue weighted by atomic mass is 10.2. The van der Waals surface area contributed by atoms with Gasteiger partial charge in [-0.1, -0.05) is 0 Å². The fourth-order valence-electron chi connectivity index (χ4n) is 1.31. The van der Waals surface area contributed by atoms with Gasteiger partial charge in [0.2, 0.25) is 0 Å². The zero-order valence-electron chi connectivity index (χ0n) is 8.38. The molecule has 0 saturated carbocycles. The van der Waals surface area contributed by atoms with E-state index in [0.29, 0.717) is 6.10 Å². The van der Waals surface area contributed by atoms with Crippen LogP contribution in [0.5, 0.6) is 0 Å². The van der Waals surface area contributed by atoms with E-state index in [4.69, 9.17) is 14.3 Å². The molecule has 5 nitrogen and oxygen atoms in total. The molecule has 2 rings (SSSR count). The van der Waals surface area contributed by atoms with Gasteiger partial charge in [-0.25, -0.2) is 4.98 Å². The van der Waals surface area contributed by atoms with Crippen molar-refractivity contribution >= 4 is 22.6 Å². The van der Waals surface area contributed by atoms with Crippen LogP contribution in [-0.2, 0) is 14.3 Å². The minimum atomic E-state index is 0.250. The maximum Gasteiger partial charge on any atom is 0.373 e. The van der Waals surface area contributed by atoms with Crippen LogP contribution in [0.3, 0.4) is 0 Å². The summed E-state index contributed by atoms with van der Waals surface area (Å²) in [4.78, 5) is 22.7. The second-order valence-corrected chi connectivity index (χ2v) is 3.75. The Labute approximate surface area is 91.7 Å². The zero-order chi connectivity index (χ0) is 11.1. The maximum atomic E-state index is 8.12. The van der Waals surface area contributed by atoms with Gasteiger partial charge in [-0.05, 0) is 6.92 Å². The van der Waals surface area contributed by atoms with E-state index in [2.05, 4.69) is 9.88 Å². The predicted molar refractivity (Wildman–Crippen MR) is 54.7 cm³/mol. The van der Waals surface area contributed by atoms with Crippen LogP contribution >= 0.6 is 11.3 Å². The molecule has 0 bridgehead atoms. The molecule has 0 radical (unpaired) electrons. The van der Waals surface area contributed by atoms with Crippen molar-refractivity contribution in [1.82, 2.24) is 4.98 Å². The maximum absolute atomic E-state index is 8.12. The Morgan fingerprint density at radius 1 is 1.67 bits per heavy atom. The van der Waals surface area contributed by atoms with Crippen LogP contribution in [0.4, 0.5) is 5.13 Å². The lowest BCUT2D eigenvalue weighted by molar-refractivity contribution is -0.191. The van der Waals surface area contributed by atoms with E-state index in [1.165, 1.54) is 0 Å². The number of thiazole rings is 1. The zero-order valence-corrected chi connectivity index (χ0v) is 9.20. The van der Waals surface area contributed by atoms with E-state index >= 15 is 0 Å². The number of hydrogen-bond donors (Lipinski definition) is 0. The number of rotatable bonds is 3. The normalized spacial score (nSPS) is 14.9. The third kappa shape index (κ3) is 3.43. The Kier molecular flexibility index (Phi) is 4.97. The Balaban J connectivity index is 0.000000337. The number of nitrogens with zero attached hydrogens (tertiary/aromatic N) is 2. The Morgan fingerprint density at radius 3 is 2.80 bits per heavy atom. The van der Waals surface area contributed by atoms with E-state index in [1.54, 1.807) is 11.3 Å². The van der Waals surface area contributed by atoms with Gasteiger partial charge in [0.15, 0.2) is 5.13 Å². The van der Waals surface area contributed by atoms with Crippen LogP contribution in [0.15, 0.2) is 11.6 Å². The summed E-state index contributed by atoms with van der Waals surface area (Å²) >= 11 is 1.69. The predicted octanol–water partition coefficient (Wildman–Crippen LogP) is 0.785. The molecule has 0 unspecified atom stereocenters. The largest absolute Gasteiger partial charge is 0.375 e. The van der Waals surface area contributed by atoms with Crippen molar-refractivity contribution < 1.29 is 14.3 Å². The molecule has 0 amide bonds. The molecule has 6 heteroatoms. The molecule has 15 heavy (non-hydrogen) atoms. The van der Waals surface area contributed by atoms with E-state index in [9.17, 15) is 0 Å². The highest BCUT2D eigenvalue weighted by Gasteiger charge is 2.28. The van der Waals surface area contributed by atoms with Crippen LogP contribution in [0, 0.1) is 0 Å². The van der Waals surface area contributed by atoms with Gasteiger partial charge in [0, 0.05) is 31.3 Å². The SMILES string of the molecule is CCOC1CN(c2nccs2)C1.O=C=O. The van der Waals surface area contributed by atoms with Crippen molar-refractivity contribution in [1.29, 1.82) is 0 Å². The van der Waals surface area contributed by atoms with Gasteiger partial charge in [-0.15, -0.1) is 11.3 Å². The first-order valence-electron chi connectivity index (χ1n) is 4.57. The highest BCUT2D eigenvalue weighted by Crippen LogP contribution is 2.23. The summed E-state index contributed by atoms with van der Waals surface area (Å²) in [5, 5.41) is 3.12. The fraction of sp³-hybridized carbons (Fsp3) is 0.556. The summed E-state index contributed by atoms with van der Waals surface area (Å²) < 4.78 is 5.44. The smallest absolute Gasteiger partial charge is 0.373 e. The van der Waals surface area contributed by atoms with Gasteiger partial charge in [-0.3, -0.25) is 0 Å². The van der Waals surface area contributed by atoms with Crippen LogP contribution in [0.2, 0.25) is 0 Å². The molecule has 1 aliphatic rings. The Hall–Kier alpha value is -1.23. The first-order chi connectivity index (χ1) is 7.31. The van der Waals surface area contributed by atoms with Crippen molar-refractivity contribution in [3.8, 4) is 0 Å². The van der Waals surface area contributed by atoms with Gasteiger partial charge in [0.25, 0.3) is 0 Å². The van der Waals surface area contributed by atoms with Gasteiger partial charge < -0.3 is 9.64 Å². The molecule has 0 spiro atoms. The summed E-state index contributed by atoms with van der Waals surface area (Å²) in [5.74, 6) is 0. The second-order valence-electron chi connectivity index (χ2n) is 2.88. The van der Waals surface area contributed by atoms with Gasteiger partial charge in [0.05, 0.1) is 6.10 Å². The average molecular weight is 228 g/mol. The summed E-state index contributed by atoms with van der Waals surface area (Å²) in [5.41, 5.74) is 0. The quantitative estimate of drug-likeness (QED) is 0.765. The summed E-state index contributed by atoms with van der Waals surface area (Å²) in [7, 11) is 0. The molecular weight excluding hydrogens is 216 g/mol. The molecule has 1 aromatic rings. The molecule has 0 aromatic carbocycles. The third-order valence-electron chi connectivity index (χ3n) is 1.94. The van der Waals surface area contributed by atoms with Crippen molar-refractivity contribution in [2.45, 2.75) is 13.0 Å². The van der Waals surface area contributed by atoms with Crippen molar-refractivity contribution in [3.05, 3.63) is 11.6 Å². The number of carbonyl (C=O) groups excluding carboxylic acids is 2. The van der Waals surface area contributed by atoms with E-state index in [0.717, 1.165) is 24.8 Å². The average Bonchev–Trinajstić information content (AvgIpc) is 2.64. The van der Waals surface area contributed by atoms with Crippen molar-refractivity contribution in [3.63, 3.8) is 0 Å². The van der Waals surface area contributed by atoms with Gasteiger partial charge >= 0.3 is 6.15 Å². The van der Waals surface area contributed by atoms with Gasteiger partial charge in [-0.2, -0.15) is 9.59 Å². The molecule has 2 heterocycles. The number of aromatic nitrogens is 1. The second kappa shape index (κ2) is 6.29. The van der Waals surface area contributed by atoms with Crippen molar-refractivity contribution in [2.75, 3.05) is 24.6 Å². The van der Waals surface area contributed by atoms with Crippen LogP contribution in [0.1, 0.15) is 6.92 Å². The number of anilines is 1. The summed E-state index contributed by atoms with van der Waals surface area (Å²) in [6, 6.07) is 0.